The van der Waals surface area contributed by atoms with Gasteiger partial charge in [-0.25, -0.2) is 22.9 Å². The van der Waals surface area contributed by atoms with E-state index in [1.165, 1.54) is 30.3 Å². The van der Waals surface area contributed by atoms with E-state index < -0.39 is 21.7 Å². The second kappa shape index (κ2) is 7.65. The van der Waals surface area contributed by atoms with Crippen LogP contribution in [0.25, 0.3) is 22.2 Å². The lowest BCUT2D eigenvalue weighted by molar-refractivity contribution is 0.539. The molecule has 7 nitrogen and oxygen atoms in total. The Labute approximate surface area is 167 Å². The summed E-state index contributed by atoms with van der Waals surface area (Å²) < 4.78 is 33.6. The van der Waals surface area contributed by atoms with Crippen LogP contribution < -0.4 is 10.3 Å². The molecule has 0 unspecified atom stereocenters. The Kier molecular flexibility index (Phi) is 5.04. The standard InChI is InChI=1S/C21H19N3O4S/c1-2-17(21-22-13-18(23-21)14-6-4-3-5-7-14)24-29(26,27)16-9-10-19-15(12-16)8-11-20(25)28-19/h3-13,17,24H,2H2,1H3,(H,22,23)/t17-/m1/s1. The molecule has 0 amide bonds. The molecular formula is C21H19N3O4S. The normalized spacial score (nSPS) is 12.9. The van der Waals surface area contributed by atoms with Gasteiger partial charge in [0.1, 0.15) is 11.4 Å². The first kappa shape index (κ1) is 19.1. The van der Waals surface area contributed by atoms with Crippen molar-refractivity contribution in [1.82, 2.24) is 14.7 Å². The van der Waals surface area contributed by atoms with E-state index in [9.17, 15) is 13.2 Å². The number of aromatic amines is 1. The number of fused-ring (bicyclic) bond motifs is 1. The SMILES string of the molecule is CC[C@@H](NS(=O)(=O)c1ccc2oc(=O)ccc2c1)c1ncc(-c2ccccc2)[nH]1. The lowest BCUT2D eigenvalue weighted by Gasteiger charge is -2.15. The smallest absolute Gasteiger partial charge is 0.336 e. The van der Waals surface area contributed by atoms with Gasteiger partial charge in [0.2, 0.25) is 10.0 Å². The average Bonchev–Trinajstić information content (AvgIpc) is 3.22. The van der Waals surface area contributed by atoms with E-state index in [0.717, 1.165) is 11.3 Å². The number of benzene rings is 2. The van der Waals surface area contributed by atoms with Crippen LogP contribution in [0, 0.1) is 0 Å². The molecule has 148 valence electrons. The third kappa shape index (κ3) is 3.98. The third-order valence-corrected chi connectivity index (χ3v) is 6.09. The lowest BCUT2D eigenvalue weighted by Crippen LogP contribution is -2.29. The lowest BCUT2D eigenvalue weighted by atomic mass is 10.2. The zero-order valence-electron chi connectivity index (χ0n) is 15.6. The number of hydrogen-bond donors (Lipinski definition) is 2. The number of nitrogens with zero attached hydrogens (tertiary/aromatic N) is 1. The second-order valence-corrected chi connectivity index (χ2v) is 8.30. The van der Waals surface area contributed by atoms with Crippen molar-refractivity contribution in [3.63, 3.8) is 0 Å². The number of rotatable bonds is 6. The topological polar surface area (TPSA) is 105 Å². The van der Waals surface area contributed by atoms with Crippen molar-refractivity contribution in [3.8, 4) is 11.3 Å². The molecule has 0 bridgehead atoms. The van der Waals surface area contributed by atoms with Crippen LogP contribution in [0.15, 0.2) is 81.0 Å². The van der Waals surface area contributed by atoms with Crippen LogP contribution in [-0.4, -0.2) is 18.4 Å². The number of sulfonamides is 1. The maximum atomic E-state index is 12.9. The predicted molar refractivity (Wildman–Crippen MR) is 110 cm³/mol. The molecule has 0 aliphatic rings. The molecule has 2 aromatic heterocycles. The van der Waals surface area contributed by atoms with Crippen molar-refractivity contribution in [2.24, 2.45) is 0 Å². The van der Waals surface area contributed by atoms with Crippen molar-refractivity contribution in [1.29, 1.82) is 0 Å². The van der Waals surface area contributed by atoms with E-state index in [4.69, 9.17) is 4.42 Å². The van der Waals surface area contributed by atoms with E-state index in [2.05, 4.69) is 14.7 Å². The molecule has 2 N–H and O–H groups in total. The first-order valence-corrected chi connectivity index (χ1v) is 10.6. The molecule has 0 radical (unpaired) electrons. The van der Waals surface area contributed by atoms with Gasteiger partial charge in [-0.2, -0.15) is 0 Å². The molecule has 0 fully saturated rings. The minimum absolute atomic E-state index is 0.0899. The van der Waals surface area contributed by atoms with Crippen molar-refractivity contribution in [3.05, 3.63) is 83.1 Å². The van der Waals surface area contributed by atoms with Crippen LogP contribution in [0.3, 0.4) is 0 Å². The van der Waals surface area contributed by atoms with Gasteiger partial charge in [-0.1, -0.05) is 37.3 Å². The summed E-state index contributed by atoms with van der Waals surface area (Å²) in [7, 11) is -3.81. The van der Waals surface area contributed by atoms with E-state index in [-0.39, 0.29) is 4.90 Å². The summed E-state index contributed by atoms with van der Waals surface area (Å²) in [6, 6.07) is 16.3. The molecule has 29 heavy (non-hydrogen) atoms. The van der Waals surface area contributed by atoms with Crippen LogP contribution in [0.1, 0.15) is 25.2 Å². The molecule has 0 saturated carbocycles. The van der Waals surface area contributed by atoms with E-state index in [1.807, 2.05) is 37.3 Å². The fourth-order valence-electron chi connectivity index (χ4n) is 3.08. The first-order chi connectivity index (χ1) is 14.0. The molecule has 4 rings (SSSR count). The summed E-state index contributed by atoms with van der Waals surface area (Å²) in [6.07, 6.45) is 2.21. The van der Waals surface area contributed by atoms with Crippen molar-refractivity contribution in [2.45, 2.75) is 24.3 Å². The highest BCUT2D eigenvalue weighted by Gasteiger charge is 2.23. The largest absolute Gasteiger partial charge is 0.423 e. The van der Waals surface area contributed by atoms with Gasteiger partial charge in [-0.05, 0) is 36.2 Å². The highest BCUT2D eigenvalue weighted by atomic mass is 32.2. The van der Waals surface area contributed by atoms with Crippen molar-refractivity contribution in [2.75, 3.05) is 0 Å². The summed E-state index contributed by atoms with van der Waals surface area (Å²) in [4.78, 5) is 19.0. The van der Waals surface area contributed by atoms with Crippen LogP contribution in [-0.2, 0) is 10.0 Å². The van der Waals surface area contributed by atoms with Crippen LogP contribution >= 0.6 is 0 Å². The summed E-state index contributed by atoms with van der Waals surface area (Å²) in [5.74, 6) is 0.543. The van der Waals surface area contributed by atoms with Gasteiger partial charge in [-0.15, -0.1) is 0 Å². The quantitative estimate of drug-likeness (QED) is 0.473. The molecule has 1 atom stereocenters. The molecular weight excluding hydrogens is 390 g/mol. The van der Waals surface area contributed by atoms with Crippen LogP contribution in [0.5, 0.6) is 0 Å². The van der Waals surface area contributed by atoms with Gasteiger partial charge in [0, 0.05) is 11.5 Å². The van der Waals surface area contributed by atoms with E-state index in [1.54, 1.807) is 6.20 Å². The van der Waals surface area contributed by atoms with Gasteiger partial charge >= 0.3 is 5.63 Å². The molecule has 2 heterocycles. The van der Waals surface area contributed by atoms with Gasteiger partial charge in [0.25, 0.3) is 0 Å². The third-order valence-electron chi connectivity index (χ3n) is 4.62. The van der Waals surface area contributed by atoms with E-state index in [0.29, 0.717) is 23.2 Å². The number of hydrogen-bond acceptors (Lipinski definition) is 5. The van der Waals surface area contributed by atoms with Gasteiger partial charge in [-0.3, -0.25) is 0 Å². The molecule has 8 heteroatoms. The molecule has 0 aliphatic carbocycles. The average molecular weight is 409 g/mol. The summed E-state index contributed by atoms with van der Waals surface area (Å²) in [5, 5.41) is 0.532. The van der Waals surface area contributed by atoms with Gasteiger partial charge in [0.05, 0.1) is 22.8 Å². The minimum atomic E-state index is -3.81. The summed E-state index contributed by atoms with van der Waals surface area (Å²) in [5.41, 5.74) is 1.64. The molecule has 0 spiro atoms. The van der Waals surface area contributed by atoms with Gasteiger partial charge in [0.15, 0.2) is 0 Å². The number of imidazole rings is 1. The Morgan fingerprint density at radius 3 is 2.66 bits per heavy atom. The maximum absolute atomic E-state index is 12.9. The molecule has 0 aliphatic heterocycles. The van der Waals surface area contributed by atoms with Crippen LogP contribution in [0.2, 0.25) is 0 Å². The Hall–Kier alpha value is -3.23. The molecule has 2 aromatic carbocycles. The number of nitrogens with one attached hydrogen (secondary N) is 2. The predicted octanol–water partition coefficient (Wildman–Crippen LogP) is 3.61. The Bertz CT molecular complexity index is 1310. The first-order valence-electron chi connectivity index (χ1n) is 9.13. The van der Waals surface area contributed by atoms with Gasteiger partial charge < -0.3 is 9.40 Å². The van der Waals surface area contributed by atoms with E-state index >= 15 is 0 Å². The minimum Gasteiger partial charge on any atom is -0.423 e. The van der Waals surface area contributed by atoms with Crippen LogP contribution in [0.4, 0.5) is 0 Å². The number of H-pyrrole nitrogens is 1. The van der Waals surface area contributed by atoms with Crippen molar-refractivity contribution < 1.29 is 12.8 Å². The summed E-state index contributed by atoms with van der Waals surface area (Å²) in [6.45, 7) is 1.88. The maximum Gasteiger partial charge on any atom is 0.336 e. The monoisotopic (exact) mass is 409 g/mol. The number of aromatic nitrogens is 2. The fraction of sp³-hybridized carbons (Fsp3) is 0.143. The Balaban J connectivity index is 1.62. The summed E-state index contributed by atoms with van der Waals surface area (Å²) >= 11 is 0. The highest BCUT2D eigenvalue weighted by molar-refractivity contribution is 7.89. The zero-order chi connectivity index (χ0) is 20.4. The molecule has 0 saturated heterocycles. The fourth-order valence-corrected chi connectivity index (χ4v) is 4.40. The van der Waals surface area contributed by atoms with Crippen molar-refractivity contribution >= 4 is 21.0 Å². The molecule has 4 aromatic rings. The zero-order valence-corrected chi connectivity index (χ0v) is 16.4. The Morgan fingerprint density at radius 1 is 1.10 bits per heavy atom. The Morgan fingerprint density at radius 2 is 1.90 bits per heavy atom. The second-order valence-electron chi connectivity index (χ2n) is 6.58. The highest BCUT2D eigenvalue weighted by Crippen LogP contribution is 2.23.